The zero-order chi connectivity index (χ0) is 20.9. The number of hydrogen-bond donors (Lipinski definition) is 1. The summed E-state index contributed by atoms with van der Waals surface area (Å²) in [6.07, 6.45) is 1.00. The summed E-state index contributed by atoms with van der Waals surface area (Å²) < 4.78 is 16.5. The maximum Gasteiger partial charge on any atom is 0.231 e. The summed E-state index contributed by atoms with van der Waals surface area (Å²) in [5.74, 6) is 3.84. The summed E-state index contributed by atoms with van der Waals surface area (Å²) in [6.45, 7) is 4.74. The molecule has 1 aromatic heterocycles. The van der Waals surface area contributed by atoms with Crippen LogP contribution in [0.2, 0.25) is 0 Å². The van der Waals surface area contributed by atoms with E-state index in [1.54, 1.807) is 0 Å². The number of nitrogens with zero attached hydrogens (tertiary/aromatic N) is 1. The molecule has 4 rings (SSSR count). The van der Waals surface area contributed by atoms with E-state index in [0.29, 0.717) is 23.9 Å². The first kappa shape index (κ1) is 20.3. The van der Waals surface area contributed by atoms with E-state index < -0.39 is 0 Å². The van der Waals surface area contributed by atoms with Crippen LogP contribution in [0.25, 0.3) is 11.5 Å². The van der Waals surface area contributed by atoms with Crippen molar-refractivity contribution in [3.63, 3.8) is 0 Å². The molecular weight excluding hydrogens is 400 g/mol. The second-order valence-corrected chi connectivity index (χ2v) is 8.02. The van der Waals surface area contributed by atoms with Crippen molar-refractivity contribution in [2.24, 2.45) is 0 Å². The lowest BCUT2D eigenvalue weighted by atomic mass is 10.1. The van der Waals surface area contributed by atoms with Crippen molar-refractivity contribution < 1.29 is 18.7 Å². The van der Waals surface area contributed by atoms with Crippen LogP contribution in [0.15, 0.2) is 46.9 Å². The van der Waals surface area contributed by atoms with Crippen LogP contribution in [0.5, 0.6) is 11.5 Å². The van der Waals surface area contributed by atoms with E-state index in [0.717, 1.165) is 40.5 Å². The third-order valence-electron chi connectivity index (χ3n) is 4.90. The zero-order valence-electron chi connectivity index (χ0n) is 17.1. The largest absolute Gasteiger partial charge is 0.454 e. The molecule has 6 nitrogen and oxygen atoms in total. The van der Waals surface area contributed by atoms with Gasteiger partial charge in [-0.3, -0.25) is 4.79 Å². The van der Waals surface area contributed by atoms with E-state index in [-0.39, 0.29) is 12.7 Å². The highest BCUT2D eigenvalue weighted by molar-refractivity contribution is 7.99. The summed E-state index contributed by atoms with van der Waals surface area (Å²) in [5.41, 5.74) is 4.10. The van der Waals surface area contributed by atoms with Gasteiger partial charge in [0.2, 0.25) is 18.6 Å². The smallest absolute Gasteiger partial charge is 0.231 e. The molecule has 0 fully saturated rings. The standard InChI is InChI=1S/C23H24N2O4S/c1-3-16-4-7-18(8-5-16)23-25-19(15(2)29-23)12-30-13-22(26)24-11-17-6-9-20-21(10-17)28-14-27-20/h4-10H,3,11-14H2,1-2H3,(H,24,26). The second-order valence-electron chi connectivity index (χ2n) is 7.03. The molecule has 0 saturated carbocycles. The predicted octanol–water partition coefficient (Wildman–Crippen LogP) is 4.49. The maximum atomic E-state index is 12.2. The van der Waals surface area contributed by atoms with Gasteiger partial charge in [-0.05, 0) is 48.7 Å². The molecule has 2 aromatic carbocycles. The fraction of sp³-hybridized carbons (Fsp3) is 0.304. The van der Waals surface area contributed by atoms with Crippen LogP contribution in [0.3, 0.4) is 0 Å². The third kappa shape index (κ3) is 4.79. The summed E-state index contributed by atoms with van der Waals surface area (Å²) in [4.78, 5) is 16.8. The lowest BCUT2D eigenvalue weighted by Gasteiger charge is -2.06. The van der Waals surface area contributed by atoms with E-state index in [4.69, 9.17) is 13.9 Å². The lowest BCUT2D eigenvalue weighted by molar-refractivity contribution is -0.118. The number of amides is 1. The fourth-order valence-electron chi connectivity index (χ4n) is 3.11. The van der Waals surface area contributed by atoms with E-state index in [9.17, 15) is 4.79 Å². The summed E-state index contributed by atoms with van der Waals surface area (Å²) >= 11 is 1.52. The number of aromatic nitrogens is 1. The molecule has 1 aliphatic heterocycles. The summed E-state index contributed by atoms with van der Waals surface area (Å²) in [5, 5.41) is 2.93. The highest BCUT2D eigenvalue weighted by Gasteiger charge is 2.14. The van der Waals surface area contributed by atoms with Gasteiger partial charge in [-0.15, -0.1) is 11.8 Å². The minimum atomic E-state index is -0.0193. The van der Waals surface area contributed by atoms with Crippen LogP contribution in [-0.4, -0.2) is 23.4 Å². The molecule has 156 valence electrons. The van der Waals surface area contributed by atoms with Gasteiger partial charge in [-0.1, -0.05) is 25.1 Å². The van der Waals surface area contributed by atoms with Crippen molar-refractivity contribution in [2.45, 2.75) is 32.6 Å². The second kappa shape index (κ2) is 9.26. The number of rotatable bonds is 8. The molecule has 0 aliphatic carbocycles. The van der Waals surface area contributed by atoms with Crippen molar-refractivity contribution >= 4 is 17.7 Å². The molecular formula is C23H24N2O4S. The van der Waals surface area contributed by atoms with Crippen LogP contribution in [-0.2, 0) is 23.5 Å². The van der Waals surface area contributed by atoms with E-state index in [1.807, 2.05) is 37.3 Å². The number of hydrogen-bond acceptors (Lipinski definition) is 6. The van der Waals surface area contributed by atoms with Crippen molar-refractivity contribution in [2.75, 3.05) is 12.5 Å². The minimum absolute atomic E-state index is 0.0193. The lowest BCUT2D eigenvalue weighted by Crippen LogP contribution is -2.24. The first-order valence-corrected chi connectivity index (χ1v) is 11.1. The van der Waals surface area contributed by atoms with Crippen LogP contribution in [0.4, 0.5) is 0 Å². The topological polar surface area (TPSA) is 73.6 Å². The van der Waals surface area contributed by atoms with Gasteiger partial charge in [0.1, 0.15) is 5.76 Å². The molecule has 0 spiro atoms. The quantitative estimate of drug-likeness (QED) is 0.574. The van der Waals surface area contributed by atoms with Gasteiger partial charge in [0.25, 0.3) is 0 Å². The molecule has 0 saturated heterocycles. The number of fused-ring (bicyclic) bond motifs is 1. The molecule has 30 heavy (non-hydrogen) atoms. The van der Waals surface area contributed by atoms with E-state index >= 15 is 0 Å². The number of oxazole rings is 1. The van der Waals surface area contributed by atoms with Crippen LogP contribution in [0.1, 0.15) is 29.5 Å². The van der Waals surface area contributed by atoms with Gasteiger partial charge in [0.15, 0.2) is 11.5 Å². The molecule has 3 aromatic rings. The monoisotopic (exact) mass is 424 g/mol. The molecule has 0 radical (unpaired) electrons. The number of thioether (sulfide) groups is 1. The number of carbonyl (C=O) groups is 1. The Morgan fingerprint density at radius 3 is 2.67 bits per heavy atom. The predicted molar refractivity (Wildman–Crippen MR) is 117 cm³/mol. The van der Waals surface area contributed by atoms with E-state index in [2.05, 4.69) is 29.4 Å². The van der Waals surface area contributed by atoms with Crippen LogP contribution in [0, 0.1) is 6.92 Å². The van der Waals surface area contributed by atoms with Crippen molar-refractivity contribution in [1.29, 1.82) is 0 Å². The third-order valence-corrected chi connectivity index (χ3v) is 5.84. The number of carbonyl (C=O) groups excluding carboxylic acids is 1. The van der Waals surface area contributed by atoms with Crippen molar-refractivity contribution in [1.82, 2.24) is 10.3 Å². The van der Waals surface area contributed by atoms with Gasteiger partial charge in [0, 0.05) is 17.9 Å². The normalized spacial score (nSPS) is 12.2. The molecule has 0 atom stereocenters. The highest BCUT2D eigenvalue weighted by atomic mass is 32.2. The van der Waals surface area contributed by atoms with Crippen molar-refractivity contribution in [3.8, 4) is 23.0 Å². The van der Waals surface area contributed by atoms with Crippen molar-refractivity contribution in [3.05, 3.63) is 65.0 Å². The Morgan fingerprint density at radius 1 is 1.10 bits per heavy atom. The Bertz CT molecular complexity index is 1030. The Morgan fingerprint density at radius 2 is 1.87 bits per heavy atom. The Kier molecular flexibility index (Phi) is 6.28. The number of nitrogens with one attached hydrogen (secondary N) is 1. The van der Waals surface area contributed by atoms with E-state index in [1.165, 1.54) is 17.3 Å². The summed E-state index contributed by atoms with van der Waals surface area (Å²) in [7, 11) is 0. The van der Waals surface area contributed by atoms with Crippen LogP contribution >= 0.6 is 11.8 Å². The van der Waals surface area contributed by atoms with Gasteiger partial charge in [-0.25, -0.2) is 4.98 Å². The zero-order valence-corrected chi connectivity index (χ0v) is 17.9. The van der Waals surface area contributed by atoms with Crippen LogP contribution < -0.4 is 14.8 Å². The number of ether oxygens (including phenoxy) is 2. The molecule has 0 unspecified atom stereocenters. The molecule has 1 amide bonds. The minimum Gasteiger partial charge on any atom is -0.454 e. The first-order chi connectivity index (χ1) is 14.6. The molecule has 1 N–H and O–H groups in total. The number of aryl methyl sites for hydroxylation is 2. The van der Waals surface area contributed by atoms with Gasteiger partial charge in [-0.2, -0.15) is 0 Å². The average Bonchev–Trinajstić information content (AvgIpc) is 3.38. The molecule has 0 bridgehead atoms. The highest BCUT2D eigenvalue weighted by Crippen LogP contribution is 2.32. The molecule has 7 heteroatoms. The van der Waals surface area contributed by atoms with Gasteiger partial charge in [0.05, 0.1) is 11.4 Å². The van der Waals surface area contributed by atoms with Gasteiger partial charge >= 0.3 is 0 Å². The average molecular weight is 425 g/mol. The first-order valence-electron chi connectivity index (χ1n) is 9.91. The fourth-order valence-corrected chi connectivity index (χ4v) is 3.96. The molecule has 2 heterocycles. The Labute approximate surface area is 180 Å². The Balaban J connectivity index is 1.25. The van der Waals surface area contributed by atoms with Gasteiger partial charge < -0.3 is 19.2 Å². The Hall–Kier alpha value is -2.93. The molecule has 1 aliphatic rings. The SMILES string of the molecule is CCc1ccc(-c2nc(CSCC(=O)NCc3ccc4c(c3)OCO4)c(C)o2)cc1. The summed E-state index contributed by atoms with van der Waals surface area (Å²) in [6, 6.07) is 13.9. The maximum absolute atomic E-state index is 12.2. The number of benzene rings is 2.